The summed E-state index contributed by atoms with van der Waals surface area (Å²) in [4.78, 5) is 4.25. The van der Waals surface area contributed by atoms with Crippen LogP contribution in [0.5, 0.6) is 5.75 Å². The fourth-order valence-corrected chi connectivity index (χ4v) is 1.93. The third-order valence-electron chi connectivity index (χ3n) is 2.12. The summed E-state index contributed by atoms with van der Waals surface area (Å²) in [6.45, 7) is 0. The Morgan fingerprint density at radius 1 is 1.40 bits per heavy atom. The second-order valence-electron chi connectivity index (χ2n) is 2.99. The zero-order valence-electron chi connectivity index (χ0n) is 8.68. The number of methoxy groups -OCH3 is 1. The Hall–Kier alpha value is -1.42. The quantitative estimate of drug-likeness (QED) is 0.744. The zero-order chi connectivity index (χ0) is 10.7. The first-order chi connectivity index (χ1) is 7.35. The van der Waals surface area contributed by atoms with Crippen molar-refractivity contribution >= 4 is 11.8 Å². The molecule has 1 aromatic heterocycles. The maximum absolute atomic E-state index is 5.19. The second-order valence-corrected chi connectivity index (χ2v) is 3.76. The van der Waals surface area contributed by atoms with E-state index < -0.39 is 0 Å². The Bertz CT molecular complexity index is 453. The van der Waals surface area contributed by atoms with E-state index in [-0.39, 0.29) is 0 Å². The lowest BCUT2D eigenvalue weighted by Crippen LogP contribution is -1.94. The highest BCUT2D eigenvalue weighted by Crippen LogP contribution is 2.21. The molecule has 0 N–H and O–H groups in total. The molecule has 15 heavy (non-hydrogen) atoms. The standard InChI is InChI=1S/C11H12N2OS/c1-14-10-5-3-4-9(8-10)13-7-6-12-11(13)15-2/h3-8H,1-2H3. The SMILES string of the molecule is COc1cccc(-n2ccnc2SC)c1. The molecular weight excluding hydrogens is 208 g/mol. The van der Waals surface area contributed by atoms with Gasteiger partial charge < -0.3 is 4.74 Å². The highest BCUT2D eigenvalue weighted by molar-refractivity contribution is 7.98. The molecule has 1 heterocycles. The van der Waals surface area contributed by atoms with E-state index in [1.54, 1.807) is 25.1 Å². The average molecular weight is 220 g/mol. The minimum atomic E-state index is 0.855. The summed E-state index contributed by atoms with van der Waals surface area (Å²) >= 11 is 1.62. The number of hydrogen-bond acceptors (Lipinski definition) is 3. The summed E-state index contributed by atoms with van der Waals surface area (Å²) < 4.78 is 7.22. The van der Waals surface area contributed by atoms with Crippen molar-refractivity contribution in [2.75, 3.05) is 13.4 Å². The summed E-state index contributed by atoms with van der Waals surface area (Å²) in [5.41, 5.74) is 1.07. The van der Waals surface area contributed by atoms with Gasteiger partial charge in [-0.2, -0.15) is 0 Å². The van der Waals surface area contributed by atoms with Crippen LogP contribution in [0.4, 0.5) is 0 Å². The predicted octanol–water partition coefficient (Wildman–Crippen LogP) is 2.60. The summed E-state index contributed by atoms with van der Waals surface area (Å²) in [5.74, 6) is 0.855. The number of benzene rings is 1. The Kier molecular flexibility index (Phi) is 2.97. The van der Waals surface area contributed by atoms with Gasteiger partial charge >= 0.3 is 0 Å². The van der Waals surface area contributed by atoms with Crippen molar-refractivity contribution in [1.29, 1.82) is 0 Å². The second kappa shape index (κ2) is 4.40. The Labute approximate surface area is 93.1 Å². The molecule has 0 aliphatic heterocycles. The van der Waals surface area contributed by atoms with Gasteiger partial charge in [-0.1, -0.05) is 17.8 Å². The van der Waals surface area contributed by atoms with Crippen LogP contribution in [0.2, 0.25) is 0 Å². The lowest BCUT2D eigenvalue weighted by Gasteiger charge is -2.07. The first kappa shape index (κ1) is 10.1. The zero-order valence-corrected chi connectivity index (χ0v) is 9.49. The van der Waals surface area contributed by atoms with Gasteiger partial charge in [0.1, 0.15) is 5.75 Å². The predicted molar refractivity (Wildman–Crippen MR) is 61.9 cm³/mol. The van der Waals surface area contributed by atoms with E-state index in [2.05, 4.69) is 4.98 Å². The number of hydrogen-bond donors (Lipinski definition) is 0. The van der Waals surface area contributed by atoms with Crippen molar-refractivity contribution in [2.45, 2.75) is 5.16 Å². The number of nitrogens with zero attached hydrogens (tertiary/aromatic N) is 2. The molecule has 0 aliphatic carbocycles. The lowest BCUT2D eigenvalue weighted by atomic mass is 10.3. The van der Waals surface area contributed by atoms with Crippen LogP contribution >= 0.6 is 11.8 Å². The molecule has 0 amide bonds. The first-order valence-electron chi connectivity index (χ1n) is 4.57. The Morgan fingerprint density at radius 3 is 3.00 bits per heavy atom. The van der Waals surface area contributed by atoms with Gasteiger partial charge in [0.05, 0.1) is 12.8 Å². The Morgan fingerprint density at radius 2 is 2.27 bits per heavy atom. The van der Waals surface area contributed by atoms with Crippen LogP contribution in [0, 0.1) is 0 Å². The largest absolute Gasteiger partial charge is 0.497 e. The number of aromatic nitrogens is 2. The van der Waals surface area contributed by atoms with E-state index in [9.17, 15) is 0 Å². The minimum absolute atomic E-state index is 0.855. The van der Waals surface area contributed by atoms with Crippen molar-refractivity contribution in [3.05, 3.63) is 36.7 Å². The van der Waals surface area contributed by atoms with Crippen LogP contribution in [0.15, 0.2) is 41.8 Å². The molecule has 3 nitrogen and oxygen atoms in total. The van der Waals surface area contributed by atoms with Gasteiger partial charge in [-0.05, 0) is 18.4 Å². The smallest absolute Gasteiger partial charge is 0.172 e. The van der Waals surface area contributed by atoms with E-state index in [1.807, 2.05) is 41.3 Å². The van der Waals surface area contributed by atoms with Crippen LogP contribution in [-0.4, -0.2) is 22.9 Å². The number of ether oxygens (including phenoxy) is 1. The first-order valence-corrected chi connectivity index (χ1v) is 5.79. The van der Waals surface area contributed by atoms with Gasteiger partial charge in [-0.15, -0.1) is 0 Å². The van der Waals surface area contributed by atoms with E-state index in [0.29, 0.717) is 0 Å². The number of imidazole rings is 1. The van der Waals surface area contributed by atoms with Crippen LogP contribution < -0.4 is 4.74 Å². The molecule has 0 fully saturated rings. The van der Waals surface area contributed by atoms with E-state index >= 15 is 0 Å². The maximum atomic E-state index is 5.19. The molecule has 0 unspecified atom stereocenters. The molecule has 0 spiro atoms. The fourth-order valence-electron chi connectivity index (χ4n) is 1.40. The molecule has 4 heteroatoms. The average Bonchev–Trinajstić information content (AvgIpc) is 2.77. The van der Waals surface area contributed by atoms with E-state index in [4.69, 9.17) is 4.74 Å². The molecule has 0 saturated heterocycles. The molecule has 2 rings (SSSR count). The third-order valence-corrected chi connectivity index (χ3v) is 2.79. The van der Waals surface area contributed by atoms with Crippen molar-refractivity contribution in [2.24, 2.45) is 0 Å². The molecule has 1 aromatic carbocycles. The van der Waals surface area contributed by atoms with Gasteiger partial charge in [0.25, 0.3) is 0 Å². The fraction of sp³-hybridized carbons (Fsp3) is 0.182. The minimum Gasteiger partial charge on any atom is -0.497 e. The molecular formula is C11H12N2OS. The van der Waals surface area contributed by atoms with Crippen LogP contribution in [0.1, 0.15) is 0 Å². The van der Waals surface area contributed by atoms with Crippen molar-refractivity contribution in [3.63, 3.8) is 0 Å². The summed E-state index contributed by atoms with van der Waals surface area (Å²) in [6.07, 6.45) is 5.75. The van der Waals surface area contributed by atoms with Crippen LogP contribution in [-0.2, 0) is 0 Å². The van der Waals surface area contributed by atoms with Crippen molar-refractivity contribution in [1.82, 2.24) is 9.55 Å². The van der Waals surface area contributed by atoms with Crippen LogP contribution in [0.3, 0.4) is 0 Å². The third kappa shape index (κ3) is 1.99. The summed E-state index contributed by atoms with van der Waals surface area (Å²) in [7, 11) is 1.67. The van der Waals surface area contributed by atoms with Gasteiger partial charge in [0.15, 0.2) is 5.16 Å². The highest BCUT2D eigenvalue weighted by atomic mass is 32.2. The van der Waals surface area contributed by atoms with Crippen molar-refractivity contribution < 1.29 is 4.74 Å². The van der Waals surface area contributed by atoms with Gasteiger partial charge in [-0.3, -0.25) is 4.57 Å². The number of rotatable bonds is 3. The van der Waals surface area contributed by atoms with Gasteiger partial charge in [0, 0.05) is 18.5 Å². The molecule has 0 atom stereocenters. The molecule has 78 valence electrons. The Balaban J connectivity index is 2.44. The molecule has 0 saturated carbocycles. The topological polar surface area (TPSA) is 27.1 Å². The maximum Gasteiger partial charge on any atom is 0.172 e. The normalized spacial score (nSPS) is 10.3. The molecule has 2 aromatic rings. The van der Waals surface area contributed by atoms with Gasteiger partial charge in [-0.25, -0.2) is 4.98 Å². The van der Waals surface area contributed by atoms with E-state index in [0.717, 1.165) is 16.6 Å². The van der Waals surface area contributed by atoms with Crippen molar-refractivity contribution in [3.8, 4) is 11.4 Å². The highest BCUT2D eigenvalue weighted by Gasteiger charge is 2.03. The van der Waals surface area contributed by atoms with E-state index in [1.165, 1.54) is 0 Å². The van der Waals surface area contributed by atoms with Crippen LogP contribution in [0.25, 0.3) is 5.69 Å². The summed E-state index contributed by atoms with van der Waals surface area (Å²) in [6, 6.07) is 7.92. The van der Waals surface area contributed by atoms with Gasteiger partial charge in [0.2, 0.25) is 0 Å². The molecule has 0 bridgehead atoms. The molecule has 0 aliphatic rings. The lowest BCUT2D eigenvalue weighted by molar-refractivity contribution is 0.414. The monoisotopic (exact) mass is 220 g/mol. The summed E-state index contributed by atoms with van der Waals surface area (Å²) in [5, 5.41) is 0.975. The number of thioether (sulfide) groups is 1. The molecule has 0 radical (unpaired) electrons.